The van der Waals surface area contributed by atoms with Crippen LogP contribution in [0.25, 0.3) is 0 Å². The highest BCUT2D eigenvalue weighted by atomic mass is 32.2. The number of carbonyl (C=O) groups is 2. The second kappa shape index (κ2) is 9.68. The number of hydrogen-bond acceptors (Lipinski definition) is 10. The van der Waals surface area contributed by atoms with Gasteiger partial charge in [0.15, 0.2) is 11.6 Å². The first-order chi connectivity index (χ1) is 18.8. The quantitative estimate of drug-likeness (QED) is 0.276. The average molecular weight is 577 g/mol. The van der Waals surface area contributed by atoms with Gasteiger partial charge in [0.25, 0.3) is 0 Å². The third-order valence-corrected chi connectivity index (χ3v) is 8.18. The maximum atomic E-state index is 13.7. The first kappa shape index (κ1) is 27.2. The standard InChI is InChI=1S/C28H22N2O8S2/c1-15-9-11-19(23(13-15)39(33,34)35)29-21-7-3-5-17-25(21)27(31)18-6-4-8-22(26(18)28(17)32)30-20-12-10-16(2)14-24(20)40(36,37)38/h3-14,29-30H,1-2H3,(H,33,34,35)(H,36,37,38)/p-2. The Hall–Kier alpha value is -4.36. The molecule has 5 rings (SSSR count). The molecule has 2 N–H and O–H groups in total. The molecule has 0 saturated heterocycles. The third kappa shape index (κ3) is 4.89. The number of ketones is 2. The van der Waals surface area contributed by atoms with E-state index in [2.05, 4.69) is 10.6 Å². The molecule has 0 unspecified atom stereocenters. The van der Waals surface area contributed by atoms with E-state index in [-0.39, 0.29) is 45.0 Å². The van der Waals surface area contributed by atoms with Gasteiger partial charge in [-0.2, -0.15) is 0 Å². The fourth-order valence-electron chi connectivity index (χ4n) is 4.62. The van der Waals surface area contributed by atoms with Gasteiger partial charge >= 0.3 is 0 Å². The van der Waals surface area contributed by atoms with Gasteiger partial charge in [-0.15, -0.1) is 0 Å². The van der Waals surface area contributed by atoms with Crippen LogP contribution >= 0.6 is 0 Å². The van der Waals surface area contributed by atoms with Crippen LogP contribution in [0.1, 0.15) is 43.0 Å². The molecule has 0 bridgehead atoms. The number of anilines is 4. The lowest BCUT2D eigenvalue weighted by Gasteiger charge is -2.24. The zero-order valence-corrected chi connectivity index (χ0v) is 22.6. The molecule has 0 atom stereocenters. The first-order valence-electron chi connectivity index (χ1n) is 11.8. The van der Waals surface area contributed by atoms with Gasteiger partial charge in [-0.25, -0.2) is 16.8 Å². The summed E-state index contributed by atoms with van der Waals surface area (Å²) in [5.74, 6) is -1.12. The first-order valence-corrected chi connectivity index (χ1v) is 14.6. The van der Waals surface area contributed by atoms with Crippen molar-refractivity contribution >= 4 is 54.6 Å². The van der Waals surface area contributed by atoms with Crippen LogP contribution < -0.4 is 10.6 Å². The van der Waals surface area contributed by atoms with E-state index in [1.54, 1.807) is 26.0 Å². The highest BCUT2D eigenvalue weighted by Crippen LogP contribution is 2.38. The summed E-state index contributed by atoms with van der Waals surface area (Å²) in [4.78, 5) is 26.4. The number of nitrogens with one attached hydrogen (secondary N) is 2. The molecular formula is C28H20N2O8S2-2. The van der Waals surface area contributed by atoms with Crippen molar-refractivity contribution in [2.24, 2.45) is 0 Å². The molecule has 0 heterocycles. The summed E-state index contributed by atoms with van der Waals surface area (Å²) in [5.41, 5.74) is 1.18. The minimum atomic E-state index is -4.86. The molecule has 0 aliphatic heterocycles. The van der Waals surface area contributed by atoms with Crippen molar-refractivity contribution in [3.8, 4) is 0 Å². The summed E-state index contributed by atoms with van der Waals surface area (Å²) in [7, 11) is -9.72. The van der Waals surface area contributed by atoms with Crippen molar-refractivity contribution in [2.75, 3.05) is 10.6 Å². The zero-order chi connectivity index (χ0) is 29.0. The number of rotatable bonds is 6. The molecule has 10 nitrogen and oxygen atoms in total. The van der Waals surface area contributed by atoms with Crippen molar-refractivity contribution < 1.29 is 35.5 Å². The maximum absolute atomic E-state index is 13.7. The van der Waals surface area contributed by atoms with Crippen LogP contribution in [0.3, 0.4) is 0 Å². The van der Waals surface area contributed by atoms with Gasteiger partial charge in [0.05, 0.1) is 43.7 Å². The summed E-state index contributed by atoms with van der Waals surface area (Å²) in [6, 6.07) is 17.2. The Balaban J connectivity index is 1.61. The van der Waals surface area contributed by atoms with Gasteiger partial charge in [-0.1, -0.05) is 36.4 Å². The molecule has 0 radical (unpaired) electrons. The van der Waals surface area contributed by atoms with Crippen LogP contribution in [-0.2, 0) is 20.2 Å². The Morgan fingerprint density at radius 2 is 0.925 bits per heavy atom. The summed E-state index contributed by atoms with van der Waals surface area (Å²) in [6.45, 7) is 3.25. The van der Waals surface area contributed by atoms with Crippen LogP contribution in [-0.4, -0.2) is 37.5 Å². The molecular weight excluding hydrogens is 556 g/mol. The molecule has 12 heteroatoms. The molecule has 4 aromatic rings. The van der Waals surface area contributed by atoms with Crippen LogP contribution in [0.4, 0.5) is 22.7 Å². The van der Waals surface area contributed by atoms with E-state index in [4.69, 9.17) is 0 Å². The molecule has 1 aliphatic carbocycles. The molecule has 40 heavy (non-hydrogen) atoms. The molecule has 0 amide bonds. The molecule has 0 aromatic heterocycles. The van der Waals surface area contributed by atoms with Crippen LogP contribution in [0.15, 0.2) is 82.6 Å². The summed E-state index contributed by atoms with van der Waals surface area (Å²) >= 11 is 0. The lowest BCUT2D eigenvalue weighted by Crippen LogP contribution is -2.23. The highest BCUT2D eigenvalue weighted by molar-refractivity contribution is 7.86. The van der Waals surface area contributed by atoms with E-state index in [9.17, 15) is 35.5 Å². The monoisotopic (exact) mass is 576 g/mol. The Labute approximate surface area is 230 Å². The lowest BCUT2D eigenvalue weighted by molar-refractivity contribution is 0.0980. The number of aryl methyl sites for hydroxylation is 2. The Morgan fingerprint density at radius 1 is 0.550 bits per heavy atom. The molecule has 0 fully saturated rings. The number of fused-ring (bicyclic) bond motifs is 2. The van der Waals surface area contributed by atoms with E-state index in [1.165, 1.54) is 60.7 Å². The molecule has 0 spiro atoms. The summed E-state index contributed by atoms with van der Waals surface area (Å²) < 4.78 is 71.3. The van der Waals surface area contributed by atoms with Gasteiger partial charge in [0.2, 0.25) is 0 Å². The number of benzene rings is 4. The minimum absolute atomic E-state index is 0.0102. The Morgan fingerprint density at radius 3 is 1.27 bits per heavy atom. The predicted molar refractivity (Wildman–Crippen MR) is 145 cm³/mol. The van der Waals surface area contributed by atoms with Crippen LogP contribution in [0.5, 0.6) is 0 Å². The third-order valence-electron chi connectivity index (χ3n) is 6.42. The summed E-state index contributed by atoms with van der Waals surface area (Å²) in [6.07, 6.45) is 0. The van der Waals surface area contributed by atoms with Gasteiger partial charge in [-0.3, -0.25) is 9.59 Å². The largest absolute Gasteiger partial charge is 0.744 e. The second-order valence-electron chi connectivity index (χ2n) is 9.27. The van der Waals surface area contributed by atoms with Crippen LogP contribution in [0, 0.1) is 13.8 Å². The van der Waals surface area contributed by atoms with Crippen LogP contribution in [0.2, 0.25) is 0 Å². The number of hydrogen-bond donors (Lipinski definition) is 2. The minimum Gasteiger partial charge on any atom is -0.744 e. The van der Waals surface area contributed by atoms with Gasteiger partial charge in [0, 0.05) is 11.1 Å². The van der Waals surface area contributed by atoms with E-state index in [0.717, 1.165) is 0 Å². The highest BCUT2D eigenvalue weighted by Gasteiger charge is 2.34. The normalized spacial score (nSPS) is 13.0. The summed E-state index contributed by atoms with van der Waals surface area (Å²) in [5, 5.41) is 5.66. The number of carbonyl (C=O) groups excluding carboxylic acids is 2. The van der Waals surface area contributed by atoms with Crippen molar-refractivity contribution in [1.82, 2.24) is 0 Å². The second-order valence-corrected chi connectivity index (χ2v) is 12.0. The van der Waals surface area contributed by atoms with Crippen molar-refractivity contribution in [3.63, 3.8) is 0 Å². The molecule has 1 aliphatic rings. The van der Waals surface area contributed by atoms with E-state index in [1.807, 2.05) is 0 Å². The molecule has 204 valence electrons. The van der Waals surface area contributed by atoms with Gasteiger partial charge in [-0.05, 0) is 61.4 Å². The van der Waals surface area contributed by atoms with Crippen molar-refractivity contribution in [3.05, 3.63) is 106 Å². The maximum Gasteiger partial charge on any atom is 0.196 e. The fraction of sp³-hybridized carbons (Fsp3) is 0.0714. The topological polar surface area (TPSA) is 173 Å². The zero-order valence-electron chi connectivity index (χ0n) is 21.0. The van der Waals surface area contributed by atoms with Gasteiger partial charge < -0.3 is 19.7 Å². The van der Waals surface area contributed by atoms with Crippen molar-refractivity contribution in [1.29, 1.82) is 0 Å². The SMILES string of the molecule is Cc1ccc(Nc2cccc3c2C(=O)c2cccc(Nc4ccc(C)cc4S(=O)(=O)[O-])c2C3=O)c(S(=O)(=O)[O-])c1. The smallest absolute Gasteiger partial charge is 0.196 e. The average Bonchev–Trinajstić information content (AvgIpc) is 2.88. The van der Waals surface area contributed by atoms with Gasteiger partial charge in [0.1, 0.15) is 20.2 Å². The Kier molecular flexibility index (Phi) is 6.59. The molecule has 4 aromatic carbocycles. The van der Waals surface area contributed by atoms with E-state index >= 15 is 0 Å². The van der Waals surface area contributed by atoms with E-state index in [0.29, 0.717) is 11.1 Å². The lowest BCUT2D eigenvalue weighted by atomic mass is 9.82. The van der Waals surface area contributed by atoms with E-state index < -0.39 is 41.6 Å². The predicted octanol–water partition coefficient (Wildman–Crippen LogP) is 4.37. The Bertz CT molecular complexity index is 1820. The molecule has 0 saturated carbocycles. The van der Waals surface area contributed by atoms with Crippen molar-refractivity contribution in [2.45, 2.75) is 23.6 Å². The fourth-order valence-corrected chi connectivity index (χ4v) is 6.06.